The zero-order chi connectivity index (χ0) is 61.3. The molecule has 82 heavy (non-hydrogen) atoms. The van der Waals surface area contributed by atoms with E-state index in [1.807, 2.05) is 0 Å². The van der Waals surface area contributed by atoms with Crippen LogP contribution >= 0.6 is 0 Å². The molecule has 456 valence electrons. The van der Waals surface area contributed by atoms with Crippen LogP contribution in [0.15, 0.2) is 24.3 Å². The highest BCUT2D eigenvalue weighted by Crippen LogP contribution is 2.24. The zero-order valence-corrected chi connectivity index (χ0v) is 45.8. The average Bonchev–Trinajstić information content (AvgIpc) is 3.93. The Balaban J connectivity index is 1.64. The first kappa shape index (κ1) is 66.9. The van der Waals surface area contributed by atoms with Gasteiger partial charge in [0.1, 0.15) is 78.0 Å². The number of benzene rings is 1. The molecule has 3 aliphatic heterocycles. The Morgan fingerprint density at radius 2 is 1.44 bits per heavy atom. The number of phenolic OH excluding ortho intramolecular Hbond substituents is 1. The summed E-state index contributed by atoms with van der Waals surface area (Å²) in [5.41, 5.74) is 21.2. The minimum Gasteiger partial charge on any atom is -0.508 e. The summed E-state index contributed by atoms with van der Waals surface area (Å²) in [6, 6.07) is -7.09. The van der Waals surface area contributed by atoms with Crippen LogP contribution in [-0.2, 0) is 73.4 Å². The van der Waals surface area contributed by atoms with Crippen molar-refractivity contribution >= 4 is 70.9 Å². The fraction of sp³-hybridized carbons (Fsp3) is 0.640. The van der Waals surface area contributed by atoms with Gasteiger partial charge >= 0.3 is 0 Å². The van der Waals surface area contributed by atoms with Gasteiger partial charge in [-0.25, -0.2) is 0 Å². The molecule has 12 amide bonds. The number of carbonyl (C=O) groups excluding carboxylic acids is 12. The Hall–Kier alpha value is -7.62. The number of aromatic hydroxyl groups is 1. The van der Waals surface area contributed by atoms with Gasteiger partial charge in [-0.15, -0.1) is 0 Å². The SMILES string of the molecule is CC[C@H](C)[C@@H]1NC(=O)[C@H](Cc2ccc(O)cc2)NC(=O)[C@@H](N)CCC(=O)NC[C@@H](C(=O)N2CCC[C@H]2C(=O)NC(C)(C)C(=O)N[C@@H](CO[C@@H]2O[C@H](CO)[C@@H](O)[C@H](O)[C@H]2O)C(N)=O)NC(=O)[C@H](CC(N)=O)NC(=O)[C@H](CCC(N)=O)NC1=O. The second kappa shape index (κ2) is 30.4. The van der Waals surface area contributed by atoms with Crippen molar-refractivity contribution in [1.29, 1.82) is 0 Å². The van der Waals surface area contributed by atoms with E-state index in [1.165, 1.54) is 38.1 Å². The fourth-order valence-corrected chi connectivity index (χ4v) is 8.89. The lowest BCUT2D eigenvalue weighted by Crippen LogP contribution is -2.64. The van der Waals surface area contributed by atoms with E-state index >= 15 is 0 Å². The minimum absolute atomic E-state index is 0.0212. The van der Waals surface area contributed by atoms with Gasteiger partial charge in [-0.3, -0.25) is 57.5 Å². The van der Waals surface area contributed by atoms with Gasteiger partial charge in [0.15, 0.2) is 6.29 Å². The normalized spacial score (nSPS) is 28.2. The highest BCUT2D eigenvalue weighted by Gasteiger charge is 2.46. The third kappa shape index (κ3) is 19.0. The molecular weight excluding hydrogens is 1090 g/mol. The summed E-state index contributed by atoms with van der Waals surface area (Å²) in [6.07, 6.45) is -11.0. The Labute approximate surface area is 470 Å². The van der Waals surface area contributed by atoms with Gasteiger partial charge in [0.25, 0.3) is 0 Å². The second-order valence-corrected chi connectivity index (χ2v) is 20.9. The largest absolute Gasteiger partial charge is 0.508 e. The first-order valence-corrected chi connectivity index (χ1v) is 26.5. The Morgan fingerprint density at radius 3 is 2.05 bits per heavy atom. The number of hydrogen-bond donors (Lipinski definition) is 17. The van der Waals surface area contributed by atoms with E-state index in [0.29, 0.717) is 5.56 Å². The number of likely N-dealkylation sites (tertiary alicyclic amines) is 1. The smallest absolute Gasteiger partial charge is 0.247 e. The molecule has 21 N–H and O–H groups in total. The number of nitrogens with one attached hydrogen (secondary N) is 8. The van der Waals surface area contributed by atoms with Crippen LogP contribution in [0.3, 0.4) is 0 Å². The molecular formula is C50H77N13O19. The monoisotopic (exact) mass is 1160 g/mol. The molecule has 0 bridgehead atoms. The summed E-state index contributed by atoms with van der Waals surface area (Å²) in [5, 5.41) is 69.5. The first-order chi connectivity index (χ1) is 38.5. The van der Waals surface area contributed by atoms with E-state index < -0.39 is 207 Å². The molecule has 3 heterocycles. The lowest BCUT2D eigenvalue weighted by Gasteiger charge is -2.40. The summed E-state index contributed by atoms with van der Waals surface area (Å²) < 4.78 is 10.6. The van der Waals surface area contributed by atoms with Crippen molar-refractivity contribution in [1.82, 2.24) is 47.4 Å². The van der Waals surface area contributed by atoms with Crippen LogP contribution in [-0.4, -0.2) is 212 Å². The van der Waals surface area contributed by atoms with Crippen LogP contribution in [0.25, 0.3) is 0 Å². The number of carbonyl (C=O) groups is 12. The predicted octanol–water partition coefficient (Wildman–Crippen LogP) is -8.54. The molecule has 0 spiro atoms. The van der Waals surface area contributed by atoms with Crippen LogP contribution < -0.4 is 65.5 Å². The van der Waals surface area contributed by atoms with Crippen molar-refractivity contribution in [3.8, 4) is 5.75 Å². The second-order valence-electron chi connectivity index (χ2n) is 20.9. The van der Waals surface area contributed by atoms with Crippen LogP contribution in [0.5, 0.6) is 5.75 Å². The number of hydrogen-bond acceptors (Lipinski definition) is 20. The van der Waals surface area contributed by atoms with Gasteiger partial charge in [0, 0.05) is 32.4 Å². The number of primary amides is 3. The van der Waals surface area contributed by atoms with Crippen molar-refractivity contribution in [2.75, 3.05) is 26.3 Å². The van der Waals surface area contributed by atoms with Crippen molar-refractivity contribution in [2.24, 2.45) is 28.9 Å². The maximum absolute atomic E-state index is 14.6. The molecule has 0 unspecified atom stereocenters. The number of amides is 12. The van der Waals surface area contributed by atoms with Gasteiger partial charge in [-0.2, -0.15) is 0 Å². The summed E-state index contributed by atoms with van der Waals surface area (Å²) in [7, 11) is 0. The van der Waals surface area contributed by atoms with Crippen molar-refractivity contribution in [2.45, 2.75) is 170 Å². The van der Waals surface area contributed by atoms with Crippen LogP contribution in [0, 0.1) is 5.92 Å². The first-order valence-electron chi connectivity index (χ1n) is 26.5. The number of rotatable bonds is 19. The topological polar surface area (TPSA) is 528 Å². The highest BCUT2D eigenvalue weighted by molar-refractivity contribution is 6.00. The van der Waals surface area contributed by atoms with Crippen molar-refractivity contribution in [3.05, 3.63) is 29.8 Å². The third-order valence-corrected chi connectivity index (χ3v) is 14.1. The Bertz CT molecular complexity index is 2500. The summed E-state index contributed by atoms with van der Waals surface area (Å²) >= 11 is 0. The molecule has 0 saturated carbocycles. The van der Waals surface area contributed by atoms with Crippen LogP contribution in [0.1, 0.15) is 84.6 Å². The minimum atomic E-state index is -1.91. The molecule has 14 atom stereocenters. The number of nitrogens with zero attached hydrogens (tertiary/aromatic N) is 1. The maximum Gasteiger partial charge on any atom is 0.247 e. The molecule has 0 radical (unpaired) electrons. The summed E-state index contributed by atoms with van der Waals surface area (Å²) in [6.45, 7) is 3.32. The number of ether oxygens (including phenoxy) is 2. The molecule has 1 aromatic carbocycles. The Morgan fingerprint density at radius 1 is 0.817 bits per heavy atom. The van der Waals surface area contributed by atoms with Gasteiger partial charge in [-0.1, -0.05) is 32.4 Å². The zero-order valence-electron chi connectivity index (χ0n) is 45.8. The molecule has 3 saturated heterocycles. The lowest BCUT2D eigenvalue weighted by atomic mass is 9.96. The predicted molar refractivity (Wildman–Crippen MR) is 281 cm³/mol. The van der Waals surface area contributed by atoms with Crippen molar-refractivity contribution in [3.63, 3.8) is 0 Å². The Kier molecular flexibility index (Phi) is 24.8. The van der Waals surface area contributed by atoms with Crippen LogP contribution in [0.2, 0.25) is 0 Å². The lowest BCUT2D eigenvalue weighted by molar-refractivity contribution is -0.301. The number of aliphatic hydroxyl groups is 4. The molecule has 32 heteroatoms. The van der Waals surface area contributed by atoms with E-state index in [2.05, 4.69) is 42.5 Å². The van der Waals surface area contributed by atoms with Crippen molar-refractivity contribution < 1.29 is 92.5 Å². The van der Waals surface area contributed by atoms with E-state index in [0.717, 1.165) is 4.90 Å². The standard InChI is InChI=1S/C50H77N13O19/c1-5-22(2)36-46(78)56-26(13-14-33(52)66)42(74)58-28(18-34(53)67)43(75)59-29(19-55-35(68)15-12-25(51)41(73)57-27(44(76)61-36)17-23-8-10-24(65)11-9-23)47(79)63-16-6-7-31(63)45(77)62-50(3,4)49(80)60-30(40(54)72)21-81-48-39(71)38(70)37(69)32(20-64)82-48/h8-11,22,25-32,36-39,48,64-65,69-71H,5-7,12-21,51H2,1-4H3,(H2,52,66)(H2,53,67)(H2,54,72)(H,55,68)(H,56,78)(H,57,73)(H,58,74)(H,59,75)(H,60,80)(H,61,76)(H,62,77)/t22-,25-,26-,27-,28-,29-,30-,31-,32+,36-,37+,38-,39+,48+/m0/s1. The third-order valence-electron chi connectivity index (χ3n) is 14.1. The van der Waals surface area contributed by atoms with E-state index in [4.69, 9.17) is 32.4 Å². The number of nitrogens with two attached hydrogens (primary N) is 4. The van der Waals surface area contributed by atoms with Crippen LogP contribution in [0.4, 0.5) is 0 Å². The summed E-state index contributed by atoms with van der Waals surface area (Å²) in [5.74, 6) is -12.9. The van der Waals surface area contributed by atoms with Gasteiger partial charge in [0.05, 0.1) is 25.7 Å². The average molecular weight is 1160 g/mol. The van der Waals surface area contributed by atoms with E-state index in [1.54, 1.807) is 13.8 Å². The molecule has 0 aliphatic carbocycles. The molecule has 0 aromatic heterocycles. The highest BCUT2D eigenvalue weighted by atomic mass is 16.7. The molecule has 4 rings (SSSR count). The molecule has 3 fully saturated rings. The molecule has 1 aromatic rings. The van der Waals surface area contributed by atoms with Gasteiger partial charge in [0.2, 0.25) is 70.9 Å². The fourth-order valence-electron chi connectivity index (χ4n) is 8.89. The van der Waals surface area contributed by atoms with E-state index in [9.17, 15) is 83.1 Å². The van der Waals surface area contributed by atoms with E-state index in [-0.39, 0.29) is 44.4 Å². The molecule has 3 aliphatic rings. The molecule has 32 nitrogen and oxygen atoms in total. The number of phenols is 1. The maximum atomic E-state index is 14.6. The van der Waals surface area contributed by atoms with Gasteiger partial charge < -0.3 is 105 Å². The number of aliphatic hydroxyl groups excluding tert-OH is 4. The quantitative estimate of drug-likeness (QED) is 0.0612. The van der Waals surface area contributed by atoms with Gasteiger partial charge in [-0.05, 0) is 63.1 Å². The summed E-state index contributed by atoms with van der Waals surface area (Å²) in [4.78, 5) is 164.